The number of methoxy groups -OCH3 is 1. The lowest BCUT2D eigenvalue weighted by molar-refractivity contribution is -0.00524. The third-order valence-electron chi connectivity index (χ3n) is 4.13. The molecule has 3 rings (SSSR count). The minimum absolute atomic E-state index is 0.0803. The maximum absolute atomic E-state index is 13.0. The molecular formula is C18H22N4O3. The molecule has 1 aromatic heterocycles. The Morgan fingerprint density at radius 2 is 2.20 bits per heavy atom. The molecule has 0 spiro atoms. The summed E-state index contributed by atoms with van der Waals surface area (Å²) < 4.78 is 10.8. The number of nitrogens with zero attached hydrogens (tertiary/aromatic N) is 3. The zero-order chi connectivity index (χ0) is 17.8. The van der Waals surface area contributed by atoms with Gasteiger partial charge < -0.3 is 19.7 Å². The van der Waals surface area contributed by atoms with Gasteiger partial charge in [-0.2, -0.15) is 0 Å². The van der Waals surface area contributed by atoms with E-state index in [0.29, 0.717) is 36.9 Å². The average molecular weight is 342 g/mol. The number of ether oxygens (including phenoxy) is 2. The summed E-state index contributed by atoms with van der Waals surface area (Å²) in [6.07, 6.45) is 0. The van der Waals surface area contributed by atoms with Crippen LogP contribution in [0.25, 0.3) is 0 Å². The fourth-order valence-electron chi connectivity index (χ4n) is 2.85. The van der Waals surface area contributed by atoms with E-state index in [1.54, 1.807) is 24.1 Å². The van der Waals surface area contributed by atoms with E-state index in [1.807, 2.05) is 32.2 Å². The molecule has 0 aliphatic carbocycles. The van der Waals surface area contributed by atoms with E-state index in [1.165, 1.54) is 0 Å². The quantitative estimate of drug-likeness (QED) is 0.916. The number of carbonyl (C=O) groups excluding carboxylic acids is 1. The maximum Gasteiger partial charge on any atom is 0.254 e. The van der Waals surface area contributed by atoms with Crippen LogP contribution in [0.3, 0.4) is 0 Å². The summed E-state index contributed by atoms with van der Waals surface area (Å²) in [6, 6.07) is 8.69. The highest BCUT2D eigenvalue weighted by atomic mass is 16.5. The van der Waals surface area contributed by atoms with Gasteiger partial charge in [0.2, 0.25) is 0 Å². The lowest BCUT2D eigenvalue weighted by Gasteiger charge is -2.35. The predicted octanol–water partition coefficient (Wildman–Crippen LogP) is 2.05. The van der Waals surface area contributed by atoms with Crippen LogP contribution in [-0.4, -0.2) is 54.7 Å². The molecule has 0 bridgehead atoms. The number of aryl methyl sites for hydroxylation is 1. The minimum Gasteiger partial charge on any atom is -0.497 e. The standard InChI is InChI=1S/C18H22N4O3/c1-12-9-16(19-2)21-17(20-12)15-11-25-8-7-22(15)18(23)13-5-4-6-14(10-13)24-3/h4-6,9-10,15H,7-8,11H2,1-3H3,(H,19,20,21). The Labute approximate surface area is 147 Å². The molecule has 2 aromatic rings. The van der Waals surface area contributed by atoms with Gasteiger partial charge >= 0.3 is 0 Å². The van der Waals surface area contributed by atoms with Gasteiger partial charge in [0, 0.05) is 30.9 Å². The normalized spacial score (nSPS) is 17.2. The molecule has 2 heterocycles. The molecule has 7 heteroatoms. The van der Waals surface area contributed by atoms with Crippen LogP contribution >= 0.6 is 0 Å². The van der Waals surface area contributed by atoms with E-state index in [2.05, 4.69) is 15.3 Å². The van der Waals surface area contributed by atoms with Crippen molar-refractivity contribution in [3.05, 3.63) is 47.4 Å². The fraction of sp³-hybridized carbons (Fsp3) is 0.389. The molecular weight excluding hydrogens is 320 g/mol. The van der Waals surface area contributed by atoms with E-state index in [9.17, 15) is 4.79 Å². The van der Waals surface area contributed by atoms with Gasteiger partial charge in [-0.25, -0.2) is 9.97 Å². The summed E-state index contributed by atoms with van der Waals surface area (Å²) in [6.45, 7) is 3.27. The van der Waals surface area contributed by atoms with E-state index >= 15 is 0 Å². The Kier molecular flexibility index (Phi) is 5.14. The Hall–Kier alpha value is -2.67. The summed E-state index contributed by atoms with van der Waals surface area (Å²) in [5.74, 6) is 1.88. The smallest absolute Gasteiger partial charge is 0.254 e. The van der Waals surface area contributed by atoms with Crippen molar-refractivity contribution in [2.24, 2.45) is 0 Å². The summed E-state index contributed by atoms with van der Waals surface area (Å²) >= 11 is 0. The number of carbonyl (C=O) groups is 1. The number of nitrogens with one attached hydrogen (secondary N) is 1. The summed E-state index contributed by atoms with van der Waals surface area (Å²) in [4.78, 5) is 23.8. The summed E-state index contributed by atoms with van der Waals surface area (Å²) in [7, 11) is 3.39. The van der Waals surface area contributed by atoms with Crippen molar-refractivity contribution < 1.29 is 14.3 Å². The van der Waals surface area contributed by atoms with Crippen LogP contribution in [0.2, 0.25) is 0 Å². The fourth-order valence-corrected chi connectivity index (χ4v) is 2.85. The second-order valence-corrected chi connectivity index (χ2v) is 5.82. The van der Waals surface area contributed by atoms with E-state index in [-0.39, 0.29) is 11.9 Å². The number of amides is 1. The highest BCUT2D eigenvalue weighted by molar-refractivity contribution is 5.95. The van der Waals surface area contributed by atoms with Crippen molar-refractivity contribution in [1.29, 1.82) is 0 Å². The van der Waals surface area contributed by atoms with Crippen LogP contribution in [-0.2, 0) is 4.74 Å². The van der Waals surface area contributed by atoms with Crippen LogP contribution < -0.4 is 10.1 Å². The first kappa shape index (κ1) is 17.2. The van der Waals surface area contributed by atoms with Crippen molar-refractivity contribution in [2.45, 2.75) is 13.0 Å². The van der Waals surface area contributed by atoms with Crippen LogP contribution in [0.4, 0.5) is 5.82 Å². The predicted molar refractivity (Wildman–Crippen MR) is 93.9 cm³/mol. The monoisotopic (exact) mass is 342 g/mol. The number of hydrogen-bond acceptors (Lipinski definition) is 6. The summed E-state index contributed by atoms with van der Waals surface area (Å²) in [5, 5.41) is 3.03. The SMILES string of the molecule is CNc1cc(C)nc(C2COCCN2C(=O)c2cccc(OC)c2)n1. The zero-order valence-electron chi connectivity index (χ0n) is 14.7. The second kappa shape index (κ2) is 7.48. The number of anilines is 1. The van der Waals surface area contributed by atoms with Gasteiger partial charge in [0.05, 0.1) is 20.3 Å². The van der Waals surface area contributed by atoms with Crippen LogP contribution in [0, 0.1) is 6.92 Å². The Bertz CT molecular complexity index is 766. The molecule has 1 N–H and O–H groups in total. The molecule has 1 saturated heterocycles. The molecule has 1 aliphatic rings. The van der Waals surface area contributed by atoms with Gasteiger partial charge in [-0.05, 0) is 25.1 Å². The first-order valence-electron chi connectivity index (χ1n) is 8.18. The third kappa shape index (κ3) is 3.71. The van der Waals surface area contributed by atoms with Gasteiger partial charge in [0.25, 0.3) is 5.91 Å². The first-order chi connectivity index (χ1) is 12.1. The number of rotatable bonds is 4. The molecule has 1 aromatic carbocycles. The highest BCUT2D eigenvalue weighted by Gasteiger charge is 2.31. The molecule has 1 fully saturated rings. The van der Waals surface area contributed by atoms with Gasteiger partial charge in [0.1, 0.15) is 17.6 Å². The van der Waals surface area contributed by atoms with Crippen molar-refractivity contribution in [3.8, 4) is 5.75 Å². The van der Waals surface area contributed by atoms with Crippen LogP contribution in [0.15, 0.2) is 30.3 Å². The Balaban J connectivity index is 1.93. The lowest BCUT2D eigenvalue weighted by Crippen LogP contribution is -2.44. The highest BCUT2D eigenvalue weighted by Crippen LogP contribution is 2.26. The topological polar surface area (TPSA) is 76.6 Å². The second-order valence-electron chi connectivity index (χ2n) is 5.82. The summed E-state index contributed by atoms with van der Waals surface area (Å²) in [5.41, 5.74) is 1.42. The van der Waals surface area contributed by atoms with Crippen molar-refractivity contribution in [2.75, 3.05) is 39.2 Å². The first-order valence-corrected chi connectivity index (χ1v) is 8.18. The molecule has 132 valence electrons. The Morgan fingerprint density at radius 3 is 2.96 bits per heavy atom. The number of morpholine rings is 1. The van der Waals surface area contributed by atoms with Crippen molar-refractivity contribution >= 4 is 11.7 Å². The molecule has 7 nitrogen and oxygen atoms in total. The molecule has 1 amide bonds. The van der Waals surface area contributed by atoms with Crippen molar-refractivity contribution in [1.82, 2.24) is 14.9 Å². The molecule has 0 radical (unpaired) electrons. The molecule has 0 saturated carbocycles. The van der Waals surface area contributed by atoms with Gasteiger partial charge in [-0.15, -0.1) is 0 Å². The molecule has 1 atom stereocenters. The van der Waals surface area contributed by atoms with Crippen LogP contribution in [0.5, 0.6) is 5.75 Å². The maximum atomic E-state index is 13.0. The van der Waals surface area contributed by atoms with E-state index in [4.69, 9.17) is 9.47 Å². The average Bonchev–Trinajstić information content (AvgIpc) is 2.67. The number of hydrogen-bond donors (Lipinski definition) is 1. The Morgan fingerprint density at radius 1 is 1.36 bits per heavy atom. The molecule has 1 unspecified atom stereocenters. The van der Waals surface area contributed by atoms with E-state index < -0.39 is 0 Å². The van der Waals surface area contributed by atoms with Gasteiger partial charge in [0.15, 0.2) is 5.82 Å². The molecule has 1 aliphatic heterocycles. The van der Waals surface area contributed by atoms with Crippen LogP contribution in [0.1, 0.15) is 27.9 Å². The lowest BCUT2D eigenvalue weighted by atomic mass is 10.1. The zero-order valence-corrected chi connectivity index (χ0v) is 14.7. The number of aromatic nitrogens is 2. The number of benzene rings is 1. The van der Waals surface area contributed by atoms with E-state index in [0.717, 1.165) is 11.5 Å². The third-order valence-corrected chi connectivity index (χ3v) is 4.13. The minimum atomic E-state index is -0.320. The molecule has 25 heavy (non-hydrogen) atoms. The van der Waals surface area contributed by atoms with Gasteiger partial charge in [-0.1, -0.05) is 6.07 Å². The van der Waals surface area contributed by atoms with Gasteiger partial charge in [-0.3, -0.25) is 4.79 Å². The largest absolute Gasteiger partial charge is 0.497 e. The van der Waals surface area contributed by atoms with Crippen molar-refractivity contribution in [3.63, 3.8) is 0 Å².